The van der Waals surface area contributed by atoms with E-state index in [9.17, 15) is 8.42 Å². The SMILES string of the molecule is Cc1ccc(S(=O)(=O)NCc2ccnn2C)cc1N. The number of aromatic nitrogens is 2. The minimum absolute atomic E-state index is 0.165. The Morgan fingerprint density at radius 1 is 1.37 bits per heavy atom. The van der Waals surface area contributed by atoms with E-state index in [2.05, 4.69) is 9.82 Å². The topological polar surface area (TPSA) is 90.0 Å². The first kappa shape index (κ1) is 13.6. The van der Waals surface area contributed by atoms with Crippen LogP contribution in [0.1, 0.15) is 11.3 Å². The molecule has 7 heteroatoms. The van der Waals surface area contributed by atoms with Crippen LogP contribution < -0.4 is 10.5 Å². The number of nitrogens with zero attached hydrogens (tertiary/aromatic N) is 2. The Kier molecular flexibility index (Phi) is 3.59. The monoisotopic (exact) mass is 280 g/mol. The van der Waals surface area contributed by atoms with Crippen molar-refractivity contribution in [1.29, 1.82) is 0 Å². The van der Waals surface area contributed by atoms with Crippen molar-refractivity contribution in [3.8, 4) is 0 Å². The first-order valence-corrected chi connectivity index (χ1v) is 7.21. The molecular weight excluding hydrogens is 264 g/mol. The lowest BCUT2D eigenvalue weighted by Gasteiger charge is -2.08. The number of hydrogen-bond acceptors (Lipinski definition) is 4. The molecule has 1 heterocycles. The van der Waals surface area contributed by atoms with Crippen LogP contribution in [0.2, 0.25) is 0 Å². The van der Waals surface area contributed by atoms with E-state index in [0.29, 0.717) is 5.69 Å². The normalized spacial score (nSPS) is 11.7. The van der Waals surface area contributed by atoms with Crippen LogP contribution in [0.5, 0.6) is 0 Å². The number of nitrogens with two attached hydrogens (primary N) is 1. The average molecular weight is 280 g/mol. The Labute approximate surface area is 112 Å². The number of rotatable bonds is 4. The van der Waals surface area contributed by atoms with Gasteiger partial charge in [-0.05, 0) is 30.7 Å². The van der Waals surface area contributed by atoms with Gasteiger partial charge in [0, 0.05) is 18.9 Å². The Morgan fingerprint density at radius 2 is 2.11 bits per heavy atom. The van der Waals surface area contributed by atoms with E-state index in [-0.39, 0.29) is 11.4 Å². The van der Waals surface area contributed by atoms with Crippen LogP contribution in [0.15, 0.2) is 35.4 Å². The zero-order valence-corrected chi connectivity index (χ0v) is 11.6. The fourth-order valence-corrected chi connectivity index (χ4v) is 2.65. The van der Waals surface area contributed by atoms with Gasteiger partial charge in [-0.1, -0.05) is 6.07 Å². The maximum absolute atomic E-state index is 12.1. The number of nitrogens with one attached hydrogen (secondary N) is 1. The van der Waals surface area contributed by atoms with Gasteiger partial charge < -0.3 is 5.73 Å². The molecule has 1 aromatic heterocycles. The van der Waals surface area contributed by atoms with Gasteiger partial charge in [-0.25, -0.2) is 13.1 Å². The summed E-state index contributed by atoms with van der Waals surface area (Å²) in [5.41, 5.74) is 7.82. The Balaban J connectivity index is 2.18. The van der Waals surface area contributed by atoms with Crippen molar-refractivity contribution < 1.29 is 8.42 Å². The van der Waals surface area contributed by atoms with Crippen LogP contribution >= 0.6 is 0 Å². The van der Waals surface area contributed by atoms with Crippen molar-refractivity contribution in [3.05, 3.63) is 41.7 Å². The number of aryl methyl sites for hydroxylation is 2. The van der Waals surface area contributed by atoms with Gasteiger partial charge in [0.15, 0.2) is 0 Å². The molecule has 0 aliphatic rings. The molecule has 1 aromatic carbocycles. The molecule has 19 heavy (non-hydrogen) atoms. The van der Waals surface area contributed by atoms with Crippen molar-refractivity contribution in [2.24, 2.45) is 7.05 Å². The molecule has 0 bridgehead atoms. The van der Waals surface area contributed by atoms with E-state index in [1.807, 2.05) is 6.92 Å². The third-order valence-electron chi connectivity index (χ3n) is 2.93. The molecule has 2 rings (SSSR count). The second kappa shape index (κ2) is 5.02. The summed E-state index contributed by atoms with van der Waals surface area (Å²) >= 11 is 0. The molecule has 0 amide bonds. The molecule has 0 atom stereocenters. The van der Waals surface area contributed by atoms with E-state index in [1.54, 1.807) is 30.1 Å². The average Bonchev–Trinajstić information content (AvgIpc) is 2.76. The Bertz CT molecular complexity index is 692. The van der Waals surface area contributed by atoms with Gasteiger partial charge in [-0.2, -0.15) is 5.10 Å². The van der Waals surface area contributed by atoms with Gasteiger partial charge in [0.05, 0.1) is 17.1 Å². The standard InChI is InChI=1S/C12H16N4O2S/c1-9-3-4-11(7-12(9)13)19(17,18)15-8-10-5-6-14-16(10)2/h3-7,15H,8,13H2,1-2H3. The molecule has 102 valence electrons. The van der Waals surface area contributed by atoms with Crippen molar-refractivity contribution in [2.45, 2.75) is 18.4 Å². The zero-order valence-electron chi connectivity index (χ0n) is 10.8. The number of sulfonamides is 1. The van der Waals surface area contributed by atoms with Crippen molar-refractivity contribution in [1.82, 2.24) is 14.5 Å². The molecule has 0 unspecified atom stereocenters. The highest BCUT2D eigenvalue weighted by Gasteiger charge is 2.15. The molecule has 0 aliphatic carbocycles. The first-order valence-electron chi connectivity index (χ1n) is 5.73. The Hall–Kier alpha value is -1.86. The molecule has 0 saturated heterocycles. The quantitative estimate of drug-likeness (QED) is 0.810. The lowest BCUT2D eigenvalue weighted by molar-refractivity contribution is 0.577. The summed E-state index contributed by atoms with van der Waals surface area (Å²) in [6, 6.07) is 6.44. The molecule has 0 aliphatic heterocycles. The first-order chi connectivity index (χ1) is 8.90. The van der Waals surface area contributed by atoms with Gasteiger partial charge in [-0.15, -0.1) is 0 Å². The van der Waals surface area contributed by atoms with Crippen LogP contribution in [-0.4, -0.2) is 18.2 Å². The molecule has 2 aromatic rings. The fraction of sp³-hybridized carbons (Fsp3) is 0.250. The number of nitrogen functional groups attached to an aromatic ring is 1. The van der Waals surface area contributed by atoms with Gasteiger partial charge >= 0.3 is 0 Å². The summed E-state index contributed by atoms with van der Waals surface area (Å²) < 4.78 is 28.3. The van der Waals surface area contributed by atoms with E-state index < -0.39 is 10.0 Å². The second-order valence-electron chi connectivity index (χ2n) is 4.29. The maximum atomic E-state index is 12.1. The van der Waals surface area contributed by atoms with Gasteiger partial charge in [0.1, 0.15) is 0 Å². The van der Waals surface area contributed by atoms with Crippen LogP contribution in [-0.2, 0) is 23.6 Å². The third kappa shape index (κ3) is 2.94. The number of hydrogen-bond donors (Lipinski definition) is 2. The third-order valence-corrected chi connectivity index (χ3v) is 4.33. The summed E-state index contributed by atoms with van der Waals surface area (Å²) in [7, 11) is -1.81. The number of benzene rings is 1. The summed E-state index contributed by atoms with van der Waals surface area (Å²) in [5.74, 6) is 0. The minimum atomic E-state index is -3.56. The van der Waals surface area contributed by atoms with Crippen molar-refractivity contribution in [3.63, 3.8) is 0 Å². The van der Waals surface area contributed by atoms with Crippen LogP contribution in [0, 0.1) is 6.92 Å². The predicted octanol–water partition coefficient (Wildman–Crippen LogP) is 0.789. The lowest BCUT2D eigenvalue weighted by Crippen LogP contribution is -2.24. The van der Waals surface area contributed by atoms with Gasteiger partial charge in [0.2, 0.25) is 10.0 Å². The fourth-order valence-electron chi connectivity index (χ4n) is 1.61. The highest BCUT2D eigenvalue weighted by Crippen LogP contribution is 2.17. The van der Waals surface area contributed by atoms with E-state index in [4.69, 9.17) is 5.73 Å². The molecule has 6 nitrogen and oxygen atoms in total. The minimum Gasteiger partial charge on any atom is -0.398 e. The Morgan fingerprint density at radius 3 is 2.68 bits per heavy atom. The van der Waals surface area contributed by atoms with Gasteiger partial charge in [-0.3, -0.25) is 4.68 Å². The zero-order chi connectivity index (χ0) is 14.0. The summed E-state index contributed by atoms with van der Waals surface area (Å²) in [5, 5.41) is 3.98. The highest BCUT2D eigenvalue weighted by atomic mass is 32.2. The highest BCUT2D eigenvalue weighted by molar-refractivity contribution is 7.89. The van der Waals surface area contributed by atoms with Crippen molar-refractivity contribution in [2.75, 3.05) is 5.73 Å². The molecular formula is C12H16N4O2S. The molecule has 0 radical (unpaired) electrons. The second-order valence-corrected chi connectivity index (χ2v) is 6.06. The lowest BCUT2D eigenvalue weighted by atomic mass is 10.2. The van der Waals surface area contributed by atoms with E-state index in [0.717, 1.165) is 11.3 Å². The predicted molar refractivity (Wildman–Crippen MR) is 72.8 cm³/mol. The molecule has 0 saturated carbocycles. The maximum Gasteiger partial charge on any atom is 0.240 e. The summed E-state index contributed by atoms with van der Waals surface area (Å²) in [6.45, 7) is 2.02. The van der Waals surface area contributed by atoms with Crippen molar-refractivity contribution >= 4 is 15.7 Å². The van der Waals surface area contributed by atoms with Crippen LogP contribution in [0.3, 0.4) is 0 Å². The summed E-state index contributed by atoms with van der Waals surface area (Å²) in [4.78, 5) is 0.165. The molecule has 0 fully saturated rings. The van der Waals surface area contributed by atoms with E-state index in [1.165, 1.54) is 12.1 Å². The smallest absolute Gasteiger partial charge is 0.240 e. The summed E-state index contributed by atoms with van der Waals surface area (Å²) in [6.07, 6.45) is 1.62. The van der Waals surface area contributed by atoms with E-state index >= 15 is 0 Å². The van der Waals surface area contributed by atoms with Crippen LogP contribution in [0.25, 0.3) is 0 Å². The van der Waals surface area contributed by atoms with Gasteiger partial charge in [0.25, 0.3) is 0 Å². The largest absolute Gasteiger partial charge is 0.398 e. The molecule has 3 N–H and O–H groups in total. The molecule has 0 spiro atoms. The van der Waals surface area contributed by atoms with Crippen LogP contribution in [0.4, 0.5) is 5.69 Å². The number of anilines is 1.